The lowest BCUT2D eigenvalue weighted by atomic mass is 10.0. The molecule has 28 heavy (non-hydrogen) atoms. The molecule has 0 radical (unpaired) electrons. The summed E-state index contributed by atoms with van der Waals surface area (Å²) in [6, 6.07) is 10.2. The highest BCUT2D eigenvalue weighted by Gasteiger charge is 2.28. The number of benzene rings is 1. The van der Waals surface area contributed by atoms with Crippen LogP contribution in [0.25, 0.3) is 15.9 Å². The number of aromatic nitrogens is 2. The Hall–Kier alpha value is -2.89. The summed E-state index contributed by atoms with van der Waals surface area (Å²) in [5, 5.41) is 7.49. The van der Waals surface area contributed by atoms with Crippen LogP contribution >= 0.6 is 0 Å². The van der Waals surface area contributed by atoms with Crippen LogP contribution in [0.1, 0.15) is 13.3 Å². The van der Waals surface area contributed by atoms with Crippen LogP contribution < -0.4 is 10.6 Å². The molecule has 0 unspecified atom stereocenters. The number of pyridine rings is 1. The van der Waals surface area contributed by atoms with Crippen LogP contribution in [-0.2, 0) is 10.0 Å². The van der Waals surface area contributed by atoms with E-state index in [4.69, 9.17) is 6.57 Å². The highest BCUT2D eigenvalue weighted by atomic mass is 32.2. The second kappa shape index (κ2) is 7.26. The average molecular weight is 395 g/mol. The van der Waals surface area contributed by atoms with E-state index in [1.807, 2.05) is 0 Å². The van der Waals surface area contributed by atoms with Gasteiger partial charge in [-0.15, -0.1) is 0 Å². The summed E-state index contributed by atoms with van der Waals surface area (Å²) in [6.45, 7) is 11.4. The van der Waals surface area contributed by atoms with Gasteiger partial charge in [0.15, 0.2) is 5.65 Å². The topological polar surface area (TPSA) is 80.4 Å². The summed E-state index contributed by atoms with van der Waals surface area (Å²) in [5.74, 6) is 0.455. The minimum absolute atomic E-state index is 0.185. The standard InChI is InChI=1S/C20H21N5O2S/c1-3-14-11-22-12-17(14)24-19-16-9-10-25(20(16)23-13-18(19)21-2)28(26,27)15-7-5-4-6-8-15/h4-10,13-14,17,22H,3,11-12H2,1H3,(H,23,24)/t14-,17+/m1/s1. The van der Waals surface area contributed by atoms with Gasteiger partial charge >= 0.3 is 0 Å². The first-order valence-corrected chi connectivity index (χ1v) is 10.7. The maximum Gasteiger partial charge on any atom is 0.269 e. The minimum atomic E-state index is -3.76. The molecule has 2 atom stereocenters. The molecule has 8 heteroatoms. The normalized spacial score (nSPS) is 19.6. The van der Waals surface area contributed by atoms with Crippen LogP contribution in [0.5, 0.6) is 0 Å². The monoisotopic (exact) mass is 395 g/mol. The van der Waals surface area contributed by atoms with E-state index in [-0.39, 0.29) is 10.9 Å². The van der Waals surface area contributed by atoms with Crippen molar-refractivity contribution in [3.05, 3.63) is 60.2 Å². The molecule has 2 N–H and O–H groups in total. The molecule has 1 fully saturated rings. The maximum atomic E-state index is 13.0. The van der Waals surface area contributed by atoms with Crippen LogP contribution in [0.2, 0.25) is 0 Å². The third-order valence-electron chi connectivity index (χ3n) is 5.28. The number of hydrogen-bond donors (Lipinski definition) is 2. The Morgan fingerprint density at radius 3 is 2.79 bits per heavy atom. The van der Waals surface area contributed by atoms with Crippen LogP contribution in [0, 0.1) is 12.5 Å². The predicted octanol–water partition coefficient (Wildman–Crippen LogP) is 3.23. The minimum Gasteiger partial charge on any atom is -0.389 e. The van der Waals surface area contributed by atoms with Crippen molar-refractivity contribution in [1.82, 2.24) is 14.3 Å². The zero-order chi connectivity index (χ0) is 19.7. The molecule has 4 rings (SSSR count). The van der Waals surface area contributed by atoms with Gasteiger partial charge in [-0.2, -0.15) is 0 Å². The van der Waals surface area contributed by atoms with Gasteiger partial charge < -0.3 is 10.6 Å². The predicted molar refractivity (Wildman–Crippen MR) is 109 cm³/mol. The zero-order valence-electron chi connectivity index (χ0n) is 15.5. The molecule has 2 aromatic heterocycles. The average Bonchev–Trinajstić information content (AvgIpc) is 3.35. The van der Waals surface area contributed by atoms with Crippen molar-refractivity contribution in [1.29, 1.82) is 0 Å². The fourth-order valence-electron chi connectivity index (χ4n) is 3.71. The number of anilines is 1. The van der Waals surface area contributed by atoms with Crippen molar-refractivity contribution in [2.24, 2.45) is 5.92 Å². The number of nitrogens with zero attached hydrogens (tertiary/aromatic N) is 3. The zero-order valence-corrected chi connectivity index (χ0v) is 16.3. The smallest absolute Gasteiger partial charge is 0.269 e. The molecule has 1 saturated heterocycles. The lowest BCUT2D eigenvalue weighted by Crippen LogP contribution is -2.28. The summed E-state index contributed by atoms with van der Waals surface area (Å²) >= 11 is 0. The third-order valence-corrected chi connectivity index (χ3v) is 6.96. The van der Waals surface area contributed by atoms with Crippen LogP contribution in [0.4, 0.5) is 11.4 Å². The van der Waals surface area contributed by atoms with Crippen LogP contribution in [0.3, 0.4) is 0 Å². The summed E-state index contributed by atoms with van der Waals surface area (Å²) < 4.78 is 27.3. The number of hydrogen-bond acceptors (Lipinski definition) is 5. The molecule has 7 nitrogen and oxygen atoms in total. The van der Waals surface area contributed by atoms with Crippen molar-refractivity contribution in [3.63, 3.8) is 0 Å². The van der Waals surface area contributed by atoms with Gasteiger partial charge in [0.05, 0.1) is 17.2 Å². The second-order valence-corrected chi connectivity index (χ2v) is 8.69. The van der Waals surface area contributed by atoms with Crippen molar-refractivity contribution < 1.29 is 8.42 Å². The molecule has 0 aliphatic carbocycles. The van der Waals surface area contributed by atoms with E-state index in [9.17, 15) is 8.42 Å². The maximum absolute atomic E-state index is 13.0. The van der Waals surface area contributed by atoms with Crippen LogP contribution in [-0.4, -0.2) is 36.5 Å². The molecular formula is C20H21N5O2S. The van der Waals surface area contributed by atoms with E-state index >= 15 is 0 Å². The lowest BCUT2D eigenvalue weighted by Gasteiger charge is -2.21. The van der Waals surface area contributed by atoms with Gasteiger partial charge in [-0.05, 0) is 24.1 Å². The van der Waals surface area contributed by atoms with Gasteiger partial charge in [-0.1, -0.05) is 31.5 Å². The van der Waals surface area contributed by atoms with E-state index in [0.29, 0.717) is 28.3 Å². The van der Waals surface area contributed by atoms with Gasteiger partial charge in [-0.3, -0.25) is 0 Å². The van der Waals surface area contributed by atoms with Crippen molar-refractivity contribution in [3.8, 4) is 0 Å². The molecule has 1 aromatic carbocycles. The molecule has 0 saturated carbocycles. The Balaban J connectivity index is 1.83. The Morgan fingerprint density at radius 1 is 1.29 bits per heavy atom. The third kappa shape index (κ3) is 3.03. The molecule has 3 heterocycles. The highest BCUT2D eigenvalue weighted by Crippen LogP contribution is 2.35. The van der Waals surface area contributed by atoms with Gasteiger partial charge in [0.1, 0.15) is 0 Å². The van der Waals surface area contributed by atoms with Gasteiger partial charge in [-0.25, -0.2) is 22.2 Å². The van der Waals surface area contributed by atoms with Crippen molar-refractivity contribution >= 4 is 32.4 Å². The SMILES string of the molecule is [C-]#[N+]c1cnc2c(ccn2S(=O)(=O)c2ccccc2)c1N[C@H]1CNC[C@H]1CC. The number of fused-ring (bicyclic) bond motifs is 1. The summed E-state index contributed by atoms with van der Waals surface area (Å²) in [7, 11) is -3.76. The molecule has 1 aliphatic heterocycles. The molecule has 1 aliphatic rings. The highest BCUT2D eigenvalue weighted by molar-refractivity contribution is 7.90. The van der Waals surface area contributed by atoms with Gasteiger partial charge in [0.25, 0.3) is 10.0 Å². The Morgan fingerprint density at radius 2 is 2.07 bits per heavy atom. The Kier molecular flexibility index (Phi) is 4.79. The summed E-state index contributed by atoms with van der Waals surface area (Å²) in [6.07, 6.45) is 3.97. The fraction of sp³-hybridized carbons (Fsp3) is 0.300. The van der Waals surface area contributed by atoms with Gasteiger partial charge in [0.2, 0.25) is 5.69 Å². The molecule has 3 aromatic rings. The molecule has 144 valence electrons. The summed E-state index contributed by atoms with van der Waals surface area (Å²) in [5.41, 5.74) is 1.36. The van der Waals surface area contributed by atoms with Crippen molar-refractivity contribution in [2.75, 3.05) is 18.4 Å². The van der Waals surface area contributed by atoms with E-state index in [1.54, 1.807) is 36.4 Å². The van der Waals surface area contributed by atoms with E-state index in [0.717, 1.165) is 19.5 Å². The Bertz CT molecular complexity index is 1150. The van der Waals surface area contributed by atoms with E-state index in [2.05, 4.69) is 27.4 Å². The largest absolute Gasteiger partial charge is 0.389 e. The fourth-order valence-corrected chi connectivity index (χ4v) is 5.03. The first kappa shape index (κ1) is 18.5. The molecule has 0 bridgehead atoms. The molecule has 0 amide bonds. The van der Waals surface area contributed by atoms with Crippen LogP contribution in [0.15, 0.2) is 53.7 Å². The van der Waals surface area contributed by atoms with Crippen molar-refractivity contribution in [2.45, 2.75) is 24.3 Å². The molecule has 0 spiro atoms. The number of nitrogens with one attached hydrogen (secondary N) is 2. The lowest BCUT2D eigenvalue weighted by molar-refractivity contribution is 0.522. The van der Waals surface area contributed by atoms with E-state index in [1.165, 1.54) is 16.4 Å². The Labute approximate surface area is 164 Å². The summed E-state index contributed by atoms with van der Waals surface area (Å²) in [4.78, 5) is 8.08. The van der Waals surface area contributed by atoms with Gasteiger partial charge in [0, 0.05) is 36.9 Å². The molecular weight excluding hydrogens is 374 g/mol. The first-order chi connectivity index (χ1) is 13.6. The number of rotatable bonds is 5. The quantitative estimate of drug-likeness (QED) is 0.649. The first-order valence-electron chi connectivity index (χ1n) is 9.21. The second-order valence-electron chi connectivity index (χ2n) is 6.87. The van der Waals surface area contributed by atoms with E-state index < -0.39 is 10.0 Å².